The van der Waals surface area contributed by atoms with Crippen LogP contribution in [0.5, 0.6) is 0 Å². The Morgan fingerprint density at radius 2 is 2.47 bits per heavy atom. The van der Waals surface area contributed by atoms with Gasteiger partial charge in [-0.15, -0.1) is 0 Å². The van der Waals surface area contributed by atoms with E-state index in [1.165, 1.54) is 25.7 Å². The van der Waals surface area contributed by atoms with Gasteiger partial charge in [-0.05, 0) is 45.2 Å². The first-order valence-corrected chi connectivity index (χ1v) is 6.45. The highest BCUT2D eigenvalue weighted by atomic mass is 16.5. The topological polar surface area (TPSA) is 47.0 Å². The maximum absolute atomic E-state index is 5.59. The zero-order chi connectivity index (χ0) is 11.9. The standard InChI is InChI=1S/C13H21N3O/c1-11-15-8-6-12(16-11)10-14-7-2-4-13-5-3-9-17-13/h6,8,13-14H,2-5,7,9-10H2,1H3. The van der Waals surface area contributed by atoms with Gasteiger partial charge in [0.2, 0.25) is 0 Å². The van der Waals surface area contributed by atoms with Crippen LogP contribution in [0.15, 0.2) is 12.3 Å². The van der Waals surface area contributed by atoms with Gasteiger partial charge in [0.05, 0.1) is 11.8 Å². The Labute approximate surface area is 103 Å². The van der Waals surface area contributed by atoms with E-state index in [1.807, 2.05) is 19.2 Å². The first kappa shape index (κ1) is 12.5. The molecule has 17 heavy (non-hydrogen) atoms. The van der Waals surface area contributed by atoms with Crippen molar-refractivity contribution in [3.63, 3.8) is 0 Å². The molecule has 1 unspecified atom stereocenters. The Morgan fingerprint density at radius 3 is 3.24 bits per heavy atom. The van der Waals surface area contributed by atoms with Crippen LogP contribution in [0.1, 0.15) is 37.2 Å². The quantitative estimate of drug-likeness (QED) is 0.764. The molecule has 1 aliphatic heterocycles. The van der Waals surface area contributed by atoms with Crippen LogP contribution in [0.2, 0.25) is 0 Å². The Hall–Kier alpha value is -1.00. The van der Waals surface area contributed by atoms with Crippen LogP contribution in [-0.4, -0.2) is 29.2 Å². The summed E-state index contributed by atoms with van der Waals surface area (Å²) in [6, 6.07) is 1.96. The molecule has 1 N–H and O–H groups in total. The molecule has 94 valence electrons. The van der Waals surface area contributed by atoms with Gasteiger partial charge >= 0.3 is 0 Å². The minimum Gasteiger partial charge on any atom is -0.378 e. The predicted molar refractivity (Wildman–Crippen MR) is 66.7 cm³/mol. The molecule has 0 radical (unpaired) electrons. The van der Waals surface area contributed by atoms with Crippen LogP contribution >= 0.6 is 0 Å². The highest BCUT2D eigenvalue weighted by molar-refractivity contribution is 5.00. The van der Waals surface area contributed by atoms with Gasteiger partial charge in [0.25, 0.3) is 0 Å². The van der Waals surface area contributed by atoms with E-state index < -0.39 is 0 Å². The summed E-state index contributed by atoms with van der Waals surface area (Å²) in [6.07, 6.45) is 7.15. The summed E-state index contributed by atoms with van der Waals surface area (Å²) in [5.74, 6) is 0.837. The molecular formula is C13H21N3O. The molecular weight excluding hydrogens is 214 g/mol. The highest BCUT2D eigenvalue weighted by Gasteiger charge is 2.14. The third-order valence-corrected chi connectivity index (χ3v) is 3.04. The normalized spacial score (nSPS) is 19.7. The summed E-state index contributed by atoms with van der Waals surface area (Å²) in [7, 11) is 0. The van der Waals surface area contributed by atoms with Gasteiger partial charge in [0, 0.05) is 19.3 Å². The minimum absolute atomic E-state index is 0.512. The monoisotopic (exact) mass is 235 g/mol. The lowest BCUT2D eigenvalue weighted by molar-refractivity contribution is 0.102. The molecule has 0 aliphatic carbocycles. The fraction of sp³-hybridized carbons (Fsp3) is 0.692. The SMILES string of the molecule is Cc1nccc(CNCCCC2CCCO2)n1. The summed E-state index contributed by atoms with van der Waals surface area (Å²) in [5.41, 5.74) is 1.06. The second-order valence-corrected chi connectivity index (χ2v) is 4.55. The molecule has 0 aromatic carbocycles. The second-order valence-electron chi connectivity index (χ2n) is 4.55. The Kier molecular flexibility index (Phi) is 4.88. The molecule has 1 aliphatic rings. The summed E-state index contributed by atoms with van der Waals surface area (Å²) in [6.45, 7) is 4.73. The fourth-order valence-electron chi connectivity index (χ4n) is 2.15. The lowest BCUT2D eigenvalue weighted by Crippen LogP contribution is -2.17. The zero-order valence-corrected chi connectivity index (χ0v) is 10.5. The lowest BCUT2D eigenvalue weighted by Gasteiger charge is -2.09. The Morgan fingerprint density at radius 1 is 1.53 bits per heavy atom. The Balaban J connectivity index is 1.56. The van der Waals surface area contributed by atoms with Crippen molar-refractivity contribution in [1.29, 1.82) is 0 Å². The molecule has 2 rings (SSSR count). The molecule has 1 aromatic rings. The molecule has 1 fully saturated rings. The maximum Gasteiger partial charge on any atom is 0.125 e. The molecule has 4 nitrogen and oxygen atoms in total. The first-order valence-electron chi connectivity index (χ1n) is 6.45. The van der Waals surface area contributed by atoms with Crippen molar-refractivity contribution in [2.24, 2.45) is 0 Å². The van der Waals surface area contributed by atoms with E-state index in [1.54, 1.807) is 0 Å². The number of ether oxygens (including phenoxy) is 1. The summed E-state index contributed by atoms with van der Waals surface area (Å²) in [4.78, 5) is 8.43. The van der Waals surface area contributed by atoms with Crippen LogP contribution < -0.4 is 5.32 Å². The summed E-state index contributed by atoms with van der Waals surface area (Å²) >= 11 is 0. The number of hydrogen-bond donors (Lipinski definition) is 1. The fourth-order valence-corrected chi connectivity index (χ4v) is 2.15. The van der Waals surface area contributed by atoms with Gasteiger partial charge < -0.3 is 10.1 Å². The smallest absolute Gasteiger partial charge is 0.125 e. The molecule has 1 saturated heterocycles. The van der Waals surface area contributed by atoms with Crippen LogP contribution in [0, 0.1) is 6.92 Å². The molecule has 0 saturated carbocycles. The van der Waals surface area contributed by atoms with E-state index in [0.717, 1.165) is 31.2 Å². The van der Waals surface area contributed by atoms with Crippen molar-refractivity contribution in [3.05, 3.63) is 23.8 Å². The van der Waals surface area contributed by atoms with E-state index in [2.05, 4.69) is 15.3 Å². The third kappa shape index (κ3) is 4.40. The van der Waals surface area contributed by atoms with E-state index in [4.69, 9.17) is 4.74 Å². The minimum atomic E-state index is 0.512. The number of nitrogens with one attached hydrogen (secondary N) is 1. The number of hydrogen-bond acceptors (Lipinski definition) is 4. The molecule has 2 heterocycles. The summed E-state index contributed by atoms with van der Waals surface area (Å²) < 4.78 is 5.59. The van der Waals surface area contributed by atoms with Gasteiger partial charge in [-0.1, -0.05) is 0 Å². The second kappa shape index (κ2) is 6.67. The average molecular weight is 235 g/mol. The van der Waals surface area contributed by atoms with E-state index >= 15 is 0 Å². The van der Waals surface area contributed by atoms with Crippen LogP contribution in [-0.2, 0) is 11.3 Å². The van der Waals surface area contributed by atoms with Crippen molar-refractivity contribution in [2.75, 3.05) is 13.2 Å². The van der Waals surface area contributed by atoms with Crippen molar-refractivity contribution < 1.29 is 4.74 Å². The molecule has 0 amide bonds. The molecule has 1 atom stereocenters. The van der Waals surface area contributed by atoms with Gasteiger partial charge in [0.15, 0.2) is 0 Å². The predicted octanol–water partition coefficient (Wildman–Crippen LogP) is 1.83. The Bertz CT molecular complexity index is 337. The average Bonchev–Trinajstić information content (AvgIpc) is 2.82. The van der Waals surface area contributed by atoms with E-state index in [-0.39, 0.29) is 0 Å². The number of rotatable bonds is 6. The first-order chi connectivity index (χ1) is 8.34. The molecule has 0 spiro atoms. The van der Waals surface area contributed by atoms with Crippen molar-refractivity contribution >= 4 is 0 Å². The van der Waals surface area contributed by atoms with Crippen molar-refractivity contribution in [2.45, 2.75) is 45.3 Å². The molecule has 1 aromatic heterocycles. The number of aromatic nitrogens is 2. The van der Waals surface area contributed by atoms with E-state index in [9.17, 15) is 0 Å². The lowest BCUT2D eigenvalue weighted by atomic mass is 10.1. The highest BCUT2D eigenvalue weighted by Crippen LogP contribution is 2.16. The molecule has 4 heteroatoms. The van der Waals surface area contributed by atoms with Crippen LogP contribution in [0.25, 0.3) is 0 Å². The van der Waals surface area contributed by atoms with Gasteiger partial charge in [-0.25, -0.2) is 9.97 Å². The number of nitrogens with zero attached hydrogens (tertiary/aromatic N) is 2. The van der Waals surface area contributed by atoms with Crippen LogP contribution in [0.3, 0.4) is 0 Å². The van der Waals surface area contributed by atoms with Gasteiger partial charge in [-0.2, -0.15) is 0 Å². The van der Waals surface area contributed by atoms with Gasteiger partial charge in [0.1, 0.15) is 5.82 Å². The van der Waals surface area contributed by atoms with Crippen LogP contribution in [0.4, 0.5) is 0 Å². The third-order valence-electron chi connectivity index (χ3n) is 3.04. The molecule has 0 bridgehead atoms. The number of aryl methyl sites for hydroxylation is 1. The van der Waals surface area contributed by atoms with Crippen molar-refractivity contribution in [1.82, 2.24) is 15.3 Å². The van der Waals surface area contributed by atoms with Crippen molar-refractivity contribution in [3.8, 4) is 0 Å². The van der Waals surface area contributed by atoms with Gasteiger partial charge in [-0.3, -0.25) is 0 Å². The zero-order valence-electron chi connectivity index (χ0n) is 10.5. The van der Waals surface area contributed by atoms with E-state index in [0.29, 0.717) is 6.10 Å². The summed E-state index contributed by atoms with van der Waals surface area (Å²) in [5, 5.41) is 3.41. The largest absolute Gasteiger partial charge is 0.378 e. The maximum atomic E-state index is 5.59.